The number of nitrogens with zero attached hydrogens (tertiary/aromatic N) is 1. The minimum atomic E-state index is -0.149. The predicted molar refractivity (Wildman–Crippen MR) is 156 cm³/mol. The Labute approximate surface area is 228 Å². The van der Waals surface area contributed by atoms with Gasteiger partial charge in [0.05, 0.1) is 0 Å². The first-order valence-electron chi connectivity index (χ1n) is 15.4. The molecule has 37 heavy (non-hydrogen) atoms. The maximum absolute atomic E-state index is 11.9. The van der Waals surface area contributed by atoms with Crippen molar-refractivity contribution in [3.8, 4) is 0 Å². The van der Waals surface area contributed by atoms with Crippen LogP contribution < -0.4 is 16.0 Å². The van der Waals surface area contributed by atoms with E-state index in [1.54, 1.807) is 0 Å². The topological polar surface area (TPSA) is 90.5 Å². The normalized spacial score (nSPS) is 11.0. The summed E-state index contributed by atoms with van der Waals surface area (Å²) in [4.78, 5) is 37.9. The molecule has 0 heterocycles. The lowest BCUT2D eigenvalue weighted by atomic mass is 10.0. The summed E-state index contributed by atoms with van der Waals surface area (Å²) in [5, 5.41) is 8.52. The summed E-state index contributed by atoms with van der Waals surface area (Å²) in [5.41, 5.74) is 0. The van der Waals surface area contributed by atoms with E-state index in [1.165, 1.54) is 83.5 Å². The van der Waals surface area contributed by atoms with Crippen LogP contribution in [-0.4, -0.2) is 62.9 Å². The highest BCUT2D eigenvalue weighted by Gasteiger charge is 2.07. The molecule has 218 valence electrons. The average Bonchev–Trinajstić information content (AvgIpc) is 2.87. The second-order valence-corrected chi connectivity index (χ2v) is 10.8. The van der Waals surface area contributed by atoms with Crippen LogP contribution in [-0.2, 0) is 14.4 Å². The lowest BCUT2D eigenvalue weighted by Crippen LogP contribution is -2.35. The third-order valence-electron chi connectivity index (χ3n) is 6.71. The summed E-state index contributed by atoms with van der Waals surface area (Å²) in [6, 6.07) is 0. The van der Waals surface area contributed by atoms with Gasteiger partial charge in [0.15, 0.2) is 0 Å². The summed E-state index contributed by atoms with van der Waals surface area (Å²) in [5.74, 6) is -0.169. The van der Waals surface area contributed by atoms with Crippen molar-refractivity contribution in [2.24, 2.45) is 0 Å². The van der Waals surface area contributed by atoms with Crippen molar-refractivity contribution in [2.75, 3.05) is 40.3 Å². The van der Waals surface area contributed by atoms with E-state index in [9.17, 15) is 14.4 Å². The molecule has 0 bridgehead atoms. The Bertz CT molecular complexity index is 555. The molecule has 0 fully saturated rings. The van der Waals surface area contributed by atoms with Crippen LogP contribution in [0.3, 0.4) is 0 Å². The van der Waals surface area contributed by atoms with E-state index in [0.717, 1.165) is 32.2 Å². The summed E-state index contributed by atoms with van der Waals surface area (Å²) >= 11 is 0. The van der Waals surface area contributed by atoms with Gasteiger partial charge in [0.25, 0.3) is 0 Å². The van der Waals surface area contributed by atoms with Crippen molar-refractivity contribution in [1.82, 2.24) is 20.9 Å². The number of unbranched alkanes of at least 4 members (excludes halogenated alkanes) is 15. The molecular weight excluding hydrogens is 464 g/mol. The van der Waals surface area contributed by atoms with Gasteiger partial charge in [-0.2, -0.15) is 0 Å². The minimum Gasteiger partial charge on any atom is -0.356 e. The van der Waals surface area contributed by atoms with Crippen molar-refractivity contribution in [1.29, 1.82) is 0 Å². The molecule has 0 aromatic carbocycles. The molecule has 0 aliphatic carbocycles. The average molecular weight is 525 g/mol. The highest BCUT2D eigenvalue weighted by Crippen LogP contribution is 2.12. The quantitative estimate of drug-likeness (QED) is 0.120. The first kappa shape index (κ1) is 35.4. The van der Waals surface area contributed by atoms with Crippen LogP contribution in [0.5, 0.6) is 0 Å². The molecule has 0 aliphatic heterocycles. The maximum Gasteiger partial charge on any atom is 0.220 e. The first-order valence-corrected chi connectivity index (χ1v) is 15.4. The predicted octanol–water partition coefficient (Wildman–Crippen LogP) is 5.72. The highest BCUT2D eigenvalue weighted by molar-refractivity contribution is 5.83. The van der Waals surface area contributed by atoms with E-state index in [1.807, 2.05) is 0 Å². The molecular formula is C30H60N4O3. The Hall–Kier alpha value is -1.63. The van der Waals surface area contributed by atoms with E-state index >= 15 is 0 Å². The van der Waals surface area contributed by atoms with Crippen LogP contribution in [0.25, 0.3) is 0 Å². The largest absolute Gasteiger partial charge is 0.356 e. The second-order valence-electron chi connectivity index (χ2n) is 10.8. The molecule has 0 rings (SSSR count). The van der Waals surface area contributed by atoms with Gasteiger partial charge >= 0.3 is 0 Å². The molecule has 7 nitrogen and oxygen atoms in total. The molecule has 0 radical (unpaired) electrons. The molecule has 7 heteroatoms. The Morgan fingerprint density at radius 2 is 0.838 bits per heavy atom. The molecule has 0 saturated carbocycles. The molecule has 3 amide bonds. The van der Waals surface area contributed by atoms with E-state index in [2.05, 4.69) is 41.9 Å². The SMILES string of the molecule is CCCCCCCCCCCCCCCC(=O)NCCNC(=O)CCC(=O)NCCCCCCN(C)C. The zero-order chi connectivity index (χ0) is 27.4. The van der Waals surface area contributed by atoms with Gasteiger partial charge in [-0.1, -0.05) is 96.8 Å². The van der Waals surface area contributed by atoms with Crippen LogP contribution in [0.2, 0.25) is 0 Å². The van der Waals surface area contributed by atoms with E-state index < -0.39 is 0 Å². The van der Waals surface area contributed by atoms with Gasteiger partial charge in [-0.3, -0.25) is 14.4 Å². The smallest absolute Gasteiger partial charge is 0.220 e. The number of carbonyl (C=O) groups is 3. The Kier molecular flexibility index (Phi) is 26.2. The standard InChI is InChI=1S/C30H60N4O3/c1-4-5-6-7-8-9-10-11-12-13-14-15-18-21-28(35)32-25-26-33-30(37)23-22-29(36)31-24-19-16-17-20-27-34(2)3/h4-27H2,1-3H3,(H,31,36)(H,32,35)(H,33,37). The molecule has 0 unspecified atom stereocenters. The van der Waals surface area contributed by atoms with Gasteiger partial charge in [0.2, 0.25) is 17.7 Å². The van der Waals surface area contributed by atoms with Crippen LogP contribution >= 0.6 is 0 Å². The molecule has 0 spiro atoms. The van der Waals surface area contributed by atoms with Gasteiger partial charge in [0, 0.05) is 38.9 Å². The Morgan fingerprint density at radius 3 is 1.32 bits per heavy atom. The highest BCUT2D eigenvalue weighted by atomic mass is 16.2. The van der Waals surface area contributed by atoms with Gasteiger partial charge in [-0.15, -0.1) is 0 Å². The zero-order valence-corrected chi connectivity index (χ0v) is 24.6. The molecule has 0 aliphatic rings. The second kappa shape index (κ2) is 27.4. The Balaban J connectivity index is 3.40. The summed E-state index contributed by atoms with van der Waals surface area (Å²) < 4.78 is 0. The summed E-state index contributed by atoms with van der Waals surface area (Å²) in [6.45, 7) is 4.87. The van der Waals surface area contributed by atoms with E-state index in [-0.39, 0.29) is 30.6 Å². The van der Waals surface area contributed by atoms with Crippen molar-refractivity contribution in [3.63, 3.8) is 0 Å². The summed E-state index contributed by atoms with van der Waals surface area (Å²) in [6.07, 6.45) is 22.2. The maximum atomic E-state index is 11.9. The van der Waals surface area contributed by atoms with Gasteiger partial charge < -0.3 is 20.9 Å². The number of nitrogens with one attached hydrogen (secondary N) is 3. The van der Waals surface area contributed by atoms with Crippen molar-refractivity contribution < 1.29 is 14.4 Å². The van der Waals surface area contributed by atoms with Crippen LogP contribution in [0.1, 0.15) is 135 Å². The zero-order valence-electron chi connectivity index (χ0n) is 24.6. The fourth-order valence-electron chi connectivity index (χ4n) is 4.33. The summed E-state index contributed by atoms with van der Waals surface area (Å²) in [7, 11) is 4.15. The van der Waals surface area contributed by atoms with Crippen molar-refractivity contribution in [2.45, 2.75) is 135 Å². The molecule has 0 atom stereocenters. The van der Waals surface area contributed by atoms with E-state index in [0.29, 0.717) is 26.1 Å². The van der Waals surface area contributed by atoms with Crippen LogP contribution in [0, 0.1) is 0 Å². The number of carbonyl (C=O) groups excluding carboxylic acids is 3. The monoisotopic (exact) mass is 524 g/mol. The number of amides is 3. The molecule has 0 aromatic heterocycles. The van der Waals surface area contributed by atoms with Crippen LogP contribution in [0.15, 0.2) is 0 Å². The van der Waals surface area contributed by atoms with E-state index in [4.69, 9.17) is 0 Å². The van der Waals surface area contributed by atoms with Gasteiger partial charge in [0.1, 0.15) is 0 Å². The lowest BCUT2D eigenvalue weighted by Gasteiger charge is -2.09. The third-order valence-corrected chi connectivity index (χ3v) is 6.71. The first-order chi connectivity index (χ1) is 18.0. The van der Waals surface area contributed by atoms with Crippen molar-refractivity contribution in [3.05, 3.63) is 0 Å². The Morgan fingerprint density at radius 1 is 0.459 bits per heavy atom. The molecule has 3 N–H and O–H groups in total. The van der Waals surface area contributed by atoms with Crippen molar-refractivity contribution >= 4 is 17.7 Å². The third kappa shape index (κ3) is 28.8. The molecule has 0 aromatic rings. The number of hydrogen-bond acceptors (Lipinski definition) is 4. The number of rotatable bonds is 27. The van der Waals surface area contributed by atoms with Gasteiger partial charge in [-0.05, 0) is 39.9 Å². The minimum absolute atomic E-state index is 0.0541. The lowest BCUT2D eigenvalue weighted by molar-refractivity contribution is -0.126. The van der Waals surface area contributed by atoms with Gasteiger partial charge in [-0.25, -0.2) is 0 Å². The number of hydrogen-bond donors (Lipinski definition) is 3. The fraction of sp³-hybridized carbons (Fsp3) is 0.900. The molecule has 0 saturated heterocycles. The van der Waals surface area contributed by atoms with Crippen LogP contribution in [0.4, 0.5) is 0 Å². The fourth-order valence-corrected chi connectivity index (χ4v) is 4.33.